The normalized spacial score (nSPS) is 23.0. The molecule has 2 amide bonds. The topological polar surface area (TPSA) is 139 Å². The number of hydrogen-bond acceptors (Lipinski definition) is 8. The third-order valence-corrected chi connectivity index (χ3v) is 9.28. The van der Waals surface area contributed by atoms with Crippen LogP contribution in [0.3, 0.4) is 0 Å². The van der Waals surface area contributed by atoms with Crippen molar-refractivity contribution < 1.29 is 34.0 Å². The van der Waals surface area contributed by atoms with Gasteiger partial charge in [-0.3, -0.25) is 19.7 Å². The van der Waals surface area contributed by atoms with Crippen molar-refractivity contribution in [1.29, 1.82) is 0 Å². The first kappa shape index (κ1) is 31.5. The van der Waals surface area contributed by atoms with Gasteiger partial charge in [0, 0.05) is 12.1 Å². The van der Waals surface area contributed by atoms with E-state index in [4.69, 9.17) is 21.0 Å². The number of halogens is 1. The second kappa shape index (κ2) is 13.1. The number of hydrogen-bond donors (Lipinski definition) is 2. The van der Waals surface area contributed by atoms with Crippen LogP contribution in [0.2, 0.25) is 11.3 Å². The number of phenolic OH excluding ortho intramolecular Hbond substituents is 1. The molecule has 2 fully saturated rings. The Morgan fingerprint density at radius 1 is 1.11 bits per heavy atom. The summed E-state index contributed by atoms with van der Waals surface area (Å²) in [6.07, 6.45) is 2.84. The number of ether oxygens (including phenoxy) is 1. The predicted octanol–water partition coefficient (Wildman–Crippen LogP) is 6.22. The Bertz CT molecular complexity index is 1750. The minimum Gasteiger partial charge on any atom is -0.508 e. The van der Waals surface area contributed by atoms with Gasteiger partial charge in [0.05, 0.1) is 33.6 Å². The number of aromatic hydroxyl groups is 1. The molecule has 12 heteroatoms. The van der Waals surface area contributed by atoms with Gasteiger partial charge < -0.3 is 19.5 Å². The van der Waals surface area contributed by atoms with Crippen LogP contribution in [0.4, 0.5) is 11.4 Å². The molecule has 1 aliphatic carbocycles. The number of nitro benzene ring substituents is 1. The summed E-state index contributed by atoms with van der Waals surface area (Å²) >= 11 is 6.31. The second-order valence-corrected chi connectivity index (χ2v) is 12.3. The van der Waals surface area contributed by atoms with Gasteiger partial charge in [0.15, 0.2) is 0 Å². The zero-order chi connectivity index (χ0) is 32.5. The highest BCUT2D eigenvalue weighted by atomic mass is 35.5. The summed E-state index contributed by atoms with van der Waals surface area (Å²) in [5.74, 6) is -2.08. The number of carbonyl (C=O) groups is 2. The van der Waals surface area contributed by atoms with Crippen LogP contribution in [0.25, 0.3) is 6.08 Å². The maximum atomic E-state index is 14.0. The van der Waals surface area contributed by atoms with Crippen molar-refractivity contribution in [2.75, 3.05) is 11.5 Å². The van der Waals surface area contributed by atoms with Crippen LogP contribution in [-0.4, -0.2) is 46.7 Å². The summed E-state index contributed by atoms with van der Waals surface area (Å²) in [6.45, 7) is 2.13. The first-order chi connectivity index (χ1) is 22.1. The van der Waals surface area contributed by atoms with Crippen molar-refractivity contribution in [3.05, 3.63) is 110 Å². The van der Waals surface area contributed by atoms with Crippen LogP contribution in [0.1, 0.15) is 31.7 Å². The van der Waals surface area contributed by atoms with Crippen LogP contribution in [0, 0.1) is 27.9 Å². The average molecular weight is 643 g/mol. The summed E-state index contributed by atoms with van der Waals surface area (Å²) in [5.41, 5.74) is 3.39. The van der Waals surface area contributed by atoms with Crippen LogP contribution < -0.4 is 9.64 Å². The molecular weight excluding hydrogens is 611 g/mol. The van der Waals surface area contributed by atoms with E-state index in [-0.39, 0.29) is 36.5 Å². The number of nitrogens with zero attached hydrogens (tertiary/aromatic N) is 2. The van der Waals surface area contributed by atoms with Gasteiger partial charge in [0.25, 0.3) is 5.69 Å². The first-order valence-corrected chi connectivity index (χ1v) is 15.5. The molecular formula is C34H32BClN2O8. The van der Waals surface area contributed by atoms with E-state index >= 15 is 0 Å². The van der Waals surface area contributed by atoms with Crippen molar-refractivity contribution in [1.82, 2.24) is 0 Å². The molecule has 4 atom stereocenters. The highest BCUT2D eigenvalue weighted by Gasteiger charge is 2.57. The van der Waals surface area contributed by atoms with Gasteiger partial charge >= 0.3 is 7.12 Å². The minimum atomic E-state index is -1.15. The molecule has 2 N–H and O–H groups in total. The Hall–Kier alpha value is -4.45. The Morgan fingerprint density at radius 3 is 2.63 bits per heavy atom. The van der Waals surface area contributed by atoms with E-state index in [2.05, 4.69) is 0 Å². The zero-order valence-corrected chi connectivity index (χ0v) is 25.8. The van der Waals surface area contributed by atoms with Gasteiger partial charge in [-0.2, -0.15) is 0 Å². The van der Waals surface area contributed by atoms with E-state index in [1.165, 1.54) is 30.3 Å². The summed E-state index contributed by atoms with van der Waals surface area (Å²) in [5, 5.41) is 32.5. The molecule has 2 saturated heterocycles. The SMILES string of the molecule is C/C(=C\c1ccc(O)cc1Cl)CC[C@H]1OB(O)C[C@H]2C1=C(COc1ccccc1)C[C@H]1C(=O)N(c3cccc([N+](=O)[O-])c3)C(=O)[C@H]12. The largest absolute Gasteiger partial charge is 0.508 e. The molecule has 6 rings (SSSR count). The zero-order valence-electron chi connectivity index (χ0n) is 25.0. The van der Waals surface area contributed by atoms with Crippen LogP contribution in [-0.2, 0) is 14.2 Å². The number of para-hydroxylation sites is 1. The fourth-order valence-corrected chi connectivity index (χ4v) is 7.14. The number of amides is 2. The summed E-state index contributed by atoms with van der Waals surface area (Å²) < 4.78 is 12.3. The minimum absolute atomic E-state index is 0.0761. The van der Waals surface area contributed by atoms with Crippen LogP contribution in [0.5, 0.6) is 11.5 Å². The van der Waals surface area contributed by atoms with Crippen molar-refractivity contribution >= 4 is 48.0 Å². The van der Waals surface area contributed by atoms with E-state index in [1.807, 2.05) is 43.3 Å². The van der Waals surface area contributed by atoms with E-state index < -0.39 is 47.7 Å². The lowest BCUT2D eigenvalue weighted by Gasteiger charge is -2.43. The van der Waals surface area contributed by atoms with Crippen molar-refractivity contribution in [3.63, 3.8) is 0 Å². The predicted molar refractivity (Wildman–Crippen MR) is 173 cm³/mol. The lowest BCUT2D eigenvalue weighted by molar-refractivity contribution is -0.384. The number of fused-ring (bicyclic) bond motifs is 3. The molecule has 3 aromatic carbocycles. The second-order valence-electron chi connectivity index (χ2n) is 11.9. The standard InChI is InChI=1S/C34H32BClN2O8/c1-20(14-21-11-12-25(39)17-29(21)36)10-13-30-31-22(19-45-26-8-3-2-4-9-26)15-27-32(28(31)18-35(42)46-30)34(41)37(33(27)40)23-6-5-7-24(16-23)38(43)44/h2-9,11-12,14,16-17,27-28,30,32,39,42H,10,13,15,18-19H2,1H3/b20-14+/t27-,28+,30-,32-/m1/s1. The monoisotopic (exact) mass is 642 g/mol. The van der Waals surface area contributed by atoms with Crippen molar-refractivity contribution in [2.24, 2.45) is 17.8 Å². The number of rotatable bonds is 9. The smallest absolute Gasteiger partial charge is 0.455 e. The quantitative estimate of drug-likeness (QED) is 0.0922. The number of nitro groups is 1. The van der Waals surface area contributed by atoms with Crippen molar-refractivity contribution in [2.45, 2.75) is 38.6 Å². The number of allylic oxidation sites excluding steroid dienone is 1. The van der Waals surface area contributed by atoms with Crippen LogP contribution >= 0.6 is 11.6 Å². The van der Waals surface area contributed by atoms with Gasteiger partial charge in [-0.25, -0.2) is 4.90 Å². The third-order valence-electron chi connectivity index (χ3n) is 8.95. The molecule has 2 heterocycles. The summed E-state index contributed by atoms with van der Waals surface area (Å²) in [6, 6.07) is 19.6. The van der Waals surface area contributed by atoms with Gasteiger partial charge in [-0.15, -0.1) is 0 Å². The fourth-order valence-electron chi connectivity index (χ4n) is 6.91. The van der Waals surface area contributed by atoms with Crippen molar-refractivity contribution in [3.8, 4) is 11.5 Å². The fraction of sp³-hybridized carbons (Fsp3) is 0.294. The molecule has 236 valence electrons. The summed E-state index contributed by atoms with van der Waals surface area (Å²) in [4.78, 5) is 39.8. The number of benzene rings is 3. The molecule has 3 aromatic rings. The number of carbonyl (C=O) groups excluding carboxylic acids is 2. The highest BCUT2D eigenvalue weighted by Crippen LogP contribution is 2.51. The van der Waals surface area contributed by atoms with Crippen LogP contribution in [0.15, 0.2) is 89.5 Å². The highest BCUT2D eigenvalue weighted by molar-refractivity contribution is 6.43. The molecule has 46 heavy (non-hydrogen) atoms. The molecule has 0 bridgehead atoms. The van der Waals surface area contributed by atoms with E-state index in [0.29, 0.717) is 23.6 Å². The molecule has 0 unspecified atom stereocenters. The van der Waals surface area contributed by atoms with Gasteiger partial charge in [-0.1, -0.05) is 47.5 Å². The Labute approximate surface area is 271 Å². The molecule has 10 nitrogen and oxygen atoms in total. The Morgan fingerprint density at radius 2 is 1.89 bits per heavy atom. The molecule has 0 radical (unpaired) electrons. The lowest BCUT2D eigenvalue weighted by atomic mass is 9.58. The summed E-state index contributed by atoms with van der Waals surface area (Å²) in [7, 11) is -1.15. The average Bonchev–Trinajstić information content (AvgIpc) is 3.29. The Kier molecular flexibility index (Phi) is 8.99. The van der Waals surface area contributed by atoms with E-state index in [1.54, 1.807) is 12.1 Å². The number of non-ortho nitro benzene ring substituents is 1. The lowest BCUT2D eigenvalue weighted by Crippen LogP contribution is -2.46. The van der Waals surface area contributed by atoms with E-state index in [9.17, 15) is 29.8 Å². The number of anilines is 1. The maximum Gasteiger partial charge on any atom is 0.455 e. The van der Waals surface area contributed by atoms with Gasteiger partial charge in [-0.05, 0) is 91.5 Å². The molecule has 0 saturated carbocycles. The van der Waals surface area contributed by atoms with Gasteiger partial charge in [0.1, 0.15) is 18.1 Å². The maximum absolute atomic E-state index is 14.0. The molecule has 2 aliphatic heterocycles. The molecule has 3 aliphatic rings. The number of phenols is 1. The number of imide groups is 1. The van der Waals surface area contributed by atoms with Gasteiger partial charge in [0.2, 0.25) is 11.8 Å². The third kappa shape index (κ3) is 6.31. The van der Waals surface area contributed by atoms with E-state index in [0.717, 1.165) is 27.2 Å². The molecule has 0 spiro atoms. The molecule has 0 aromatic heterocycles. The first-order valence-electron chi connectivity index (χ1n) is 15.1. The Balaban J connectivity index is 1.32.